The molecule has 106 valence electrons. The van der Waals surface area contributed by atoms with E-state index in [1.165, 1.54) is 26.9 Å². The molecule has 0 bridgehead atoms. The highest BCUT2D eigenvalue weighted by Gasteiger charge is 2.23. The van der Waals surface area contributed by atoms with E-state index < -0.39 is 0 Å². The minimum atomic E-state index is 0.273. The molecule has 0 spiro atoms. The summed E-state index contributed by atoms with van der Waals surface area (Å²) in [6.45, 7) is 3.10. The van der Waals surface area contributed by atoms with E-state index >= 15 is 0 Å². The molecule has 0 saturated heterocycles. The van der Waals surface area contributed by atoms with E-state index in [0.29, 0.717) is 6.10 Å². The van der Waals surface area contributed by atoms with Gasteiger partial charge in [-0.3, -0.25) is 0 Å². The van der Waals surface area contributed by atoms with Gasteiger partial charge in [-0.2, -0.15) is 0 Å². The Labute approximate surface area is 137 Å². The number of rotatable bonds is 6. The SMILES string of the molecule is CCNC(c1ccc(OC2CC2)cc1)c1csc(I)c1. The first kappa shape index (κ1) is 14.4. The molecular weight excluding hydrogens is 381 g/mol. The number of halogens is 1. The molecule has 1 aliphatic rings. The van der Waals surface area contributed by atoms with Gasteiger partial charge in [-0.15, -0.1) is 11.3 Å². The van der Waals surface area contributed by atoms with Crippen molar-refractivity contribution in [1.29, 1.82) is 0 Å². The van der Waals surface area contributed by atoms with Crippen molar-refractivity contribution in [3.63, 3.8) is 0 Å². The maximum absolute atomic E-state index is 5.81. The summed E-state index contributed by atoms with van der Waals surface area (Å²) in [5.41, 5.74) is 2.64. The molecule has 2 aromatic rings. The van der Waals surface area contributed by atoms with Crippen LogP contribution in [0.15, 0.2) is 35.7 Å². The molecule has 0 radical (unpaired) electrons. The molecular formula is C16H18INOS. The second-order valence-corrected chi connectivity index (χ2v) is 7.87. The molecule has 3 rings (SSSR count). The fraction of sp³-hybridized carbons (Fsp3) is 0.375. The van der Waals surface area contributed by atoms with E-state index in [1.807, 2.05) is 0 Å². The molecule has 1 atom stereocenters. The van der Waals surface area contributed by atoms with Crippen molar-refractivity contribution in [3.8, 4) is 5.75 Å². The van der Waals surface area contributed by atoms with Crippen molar-refractivity contribution in [3.05, 3.63) is 49.7 Å². The average molecular weight is 399 g/mol. The summed E-state index contributed by atoms with van der Waals surface area (Å²) in [6, 6.07) is 11.1. The van der Waals surface area contributed by atoms with Gasteiger partial charge >= 0.3 is 0 Å². The summed E-state index contributed by atoms with van der Waals surface area (Å²) >= 11 is 4.17. The Morgan fingerprint density at radius 3 is 2.60 bits per heavy atom. The van der Waals surface area contributed by atoms with E-state index in [2.05, 4.69) is 70.5 Å². The van der Waals surface area contributed by atoms with Crippen molar-refractivity contribution >= 4 is 33.9 Å². The predicted molar refractivity (Wildman–Crippen MR) is 92.6 cm³/mol. The predicted octanol–water partition coefficient (Wildman–Crippen LogP) is 4.59. The van der Waals surface area contributed by atoms with Crippen LogP contribution in [0, 0.1) is 2.88 Å². The van der Waals surface area contributed by atoms with Gasteiger partial charge in [-0.05, 0) is 76.7 Å². The lowest BCUT2D eigenvalue weighted by atomic mass is 10.0. The van der Waals surface area contributed by atoms with E-state index in [1.54, 1.807) is 11.3 Å². The van der Waals surface area contributed by atoms with Crippen molar-refractivity contribution in [2.24, 2.45) is 0 Å². The third kappa shape index (κ3) is 3.54. The molecule has 4 heteroatoms. The van der Waals surface area contributed by atoms with E-state index in [9.17, 15) is 0 Å². The highest BCUT2D eigenvalue weighted by Crippen LogP contribution is 2.30. The van der Waals surface area contributed by atoms with Crippen LogP contribution < -0.4 is 10.1 Å². The summed E-state index contributed by atoms with van der Waals surface area (Å²) in [5, 5.41) is 5.80. The Morgan fingerprint density at radius 2 is 2.05 bits per heavy atom. The van der Waals surface area contributed by atoms with Crippen molar-refractivity contribution in [2.45, 2.75) is 31.9 Å². The van der Waals surface area contributed by atoms with Gasteiger partial charge in [0.05, 0.1) is 15.0 Å². The smallest absolute Gasteiger partial charge is 0.119 e. The lowest BCUT2D eigenvalue weighted by molar-refractivity contribution is 0.303. The number of ether oxygens (including phenoxy) is 1. The standard InChI is InChI=1S/C16H18INOS/c1-2-18-16(12-9-15(17)20-10-12)11-3-5-13(6-4-11)19-14-7-8-14/h3-6,9-10,14,16,18H,2,7-8H2,1H3. The number of nitrogens with one attached hydrogen (secondary N) is 1. The van der Waals surface area contributed by atoms with Gasteiger partial charge in [0.2, 0.25) is 0 Å². The van der Waals surface area contributed by atoms with Crippen LogP contribution in [0.1, 0.15) is 36.9 Å². The summed E-state index contributed by atoms with van der Waals surface area (Å²) in [6.07, 6.45) is 2.87. The summed E-state index contributed by atoms with van der Waals surface area (Å²) < 4.78 is 7.14. The first-order valence-electron chi connectivity index (χ1n) is 7.00. The van der Waals surface area contributed by atoms with Crippen molar-refractivity contribution in [2.75, 3.05) is 6.54 Å². The Morgan fingerprint density at radius 1 is 1.30 bits per heavy atom. The molecule has 0 amide bonds. The number of benzene rings is 1. The van der Waals surface area contributed by atoms with Crippen LogP contribution in [0.5, 0.6) is 5.75 Å². The lowest BCUT2D eigenvalue weighted by Gasteiger charge is -2.18. The molecule has 1 aliphatic carbocycles. The molecule has 20 heavy (non-hydrogen) atoms. The molecule has 1 heterocycles. The largest absolute Gasteiger partial charge is 0.490 e. The molecule has 2 nitrogen and oxygen atoms in total. The summed E-state index contributed by atoms with van der Waals surface area (Å²) in [7, 11) is 0. The lowest BCUT2D eigenvalue weighted by Crippen LogP contribution is -2.21. The Kier molecular flexibility index (Phi) is 4.63. The Balaban J connectivity index is 1.79. The fourth-order valence-electron chi connectivity index (χ4n) is 2.22. The van der Waals surface area contributed by atoms with Gasteiger partial charge in [-0.1, -0.05) is 19.1 Å². The highest BCUT2D eigenvalue weighted by molar-refractivity contribution is 14.1. The first-order valence-corrected chi connectivity index (χ1v) is 8.96. The second-order valence-electron chi connectivity index (χ2n) is 5.06. The molecule has 1 N–H and O–H groups in total. The van der Waals surface area contributed by atoms with Crippen LogP contribution in [-0.4, -0.2) is 12.6 Å². The fourth-order valence-corrected chi connectivity index (χ4v) is 3.62. The minimum Gasteiger partial charge on any atom is -0.490 e. The van der Waals surface area contributed by atoms with Crippen LogP contribution in [-0.2, 0) is 0 Å². The van der Waals surface area contributed by atoms with E-state index in [0.717, 1.165) is 12.3 Å². The zero-order chi connectivity index (χ0) is 13.9. The van der Waals surface area contributed by atoms with Crippen molar-refractivity contribution in [1.82, 2.24) is 5.32 Å². The molecule has 1 unspecified atom stereocenters. The molecule has 1 aromatic heterocycles. The van der Waals surface area contributed by atoms with Gasteiger partial charge in [0.25, 0.3) is 0 Å². The van der Waals surface area contributed by atoms with Crippen LogP contribution in [0.2, 0.25) is 0 Å². The summed E-state index contributed by atoms with van der Waals surface area (Å²) in [5.74, 6) is 0.992. The quantitative estimate of drug-likeness (QED) is 0.718. The Hall–Kier alpha value is -0.590. The van der Waals surface area contributed by atoms with Crippen LogP contribution in [0.3, 0.4) is 0 Å². The van der Waals surface area contributed by atoms with E-state index in [-0.39, 0.29) is 6.04 Å². The topological polar surface area (TPSA) is 21.3 Å². The third-order valence-electron chi connectivity index (χ3n) is 3.37. The highest BCUT2D eigenvalue weighted by atomic mass is 127. The van der Waals surface area contributed by atoms with Gasteiger partial charge in [0.1, 0.15) is 5.75 Å². The van der Waals surface area contributed by atoms with Gasteiger partial charge in [0, 0.05) is 0 Å². The third-order valence-corrected chi connectivity index (χ3v) is 5.18. The first-order chi connectivity index (χ1) is 9.76. The minimum absolute atomic E-state index is 0.273. The molecule has 0 aliphatic heterocycles. The zero-order valence-electron chi connectivity index (χ0n) is 11.4. The normalized spacial score (nSPS) is 16.1. The molecule has 1 saturated carbocycles. The van der Waals surface area contributed by atoms with Gasteiger partial charge < -0.3 is 10.1 Å². The van der Waals surface area contributed by atoms with Crippen molar-refractivity contribution < 1.29 is 4.74 Å². The Bertz CT molecular complexity index is 562. The van der Waals surface area contributed by atoms with Gasteiger partial charge in [0.15, 0.2) is 0 Å². The summed E-state index contributed by atoms with van der Waals surface area (Å²) in [4.78, 5) is 0. The number of hydrogen-bond donors (Lipinski definition) is 1. The molecule has 1 aromatic carbocycles. The zero-order valence-corrected chi connectivity index (χ0v) is 14.4. The average Bonchev–Trinajstić information content (AvgIpc) is 3.17. The maximum atomic E-state index is 5.81. The van der Waals surface area contributed by atoms with Crippen LogP contribution in [0.4, 0.5) is 0 Å². The monoisotopic (exact) mass is 399 g/mol. The molecule has 1 fully saturated rings. The van der Waals surface area contributed by atoms with Gasteiger partial charge in [-0.25, -0.2) is 0 Å². The second kappa shape index (κ2) is 6.45. The maximum Gasteiger partial charge on any atom is 0.119 e. The number of thiophene rings is 1. The van der Waals surface area contributed by atoms with Crippen LogP contribution in [0.25, 0.3) is 0 Å². The van der Waals surface area contributed by atoms with Crippen LogP contribution >= 0.6 is 33.9 Å². The van der Waals surface area contributed by atoms with E-state index in [4.69, 9.17) is 4.74 Å². The number of hydrogen-bond acceptors (Lipinski definition) is 3.